The first-order valence-electron chi connectivity index (χ1n) is 11.8. The van der Waals surface area contributed by atoms with E-state index < -0.39 is 7.12 Å². The predicted octanol–water partition coefficient (Wildman–Crippen LogP) is 4.55. The van der Waals surface area contributed by atoms with Crippen LogP contribution in [-0.2, 0) is 13.0 Å². The Morgan fingerprint density at radius 2 is 1.79 bits per heavy atom. The van der Waals surface area contributed by atoms with Crippen LogP contribution in [0.15, 0.2) is 18.2 Å². The van der Waals surface area contributed by atoms with Crippen LogP contribution < -0.4 is 5.73 Å². The van der Waals surface area contributed by atoms with E-state index in [0.29, 0.717) is 12.2 Å². The quantitative estimate of drug-likeness (QED) is 0.395. The van der Waals surface area contributed by atoms with E-state index in [1.807, 2.05) is 13.8 Å². The first-order chi connectivity index (χ1) is 13.8. The second-order valence-electron chi connectivity index (χ2n) is 8.80. The molecule has 0 saturated carbocycles. The first-order valence-corrected chi connectivity index (χ1v) is 11.8. The van der Waals surface area contributed by atoms with E-state index in [1.54, 1.807) is 0 Å². The number of hydrogen-bond donors (Lipinski definition) is 3. The lowest BCUT2D eigenvalue weighted by atomic mass is 9.75. The number of hydrogen-bond acceptors (Lipinski definition) is 4. The molecule has 1 aliphatic rings. The molecule has 1 aromatic rings. The van der Waals surface area contributed by atoms with E-state index in [-0.39, 0.29) is 5.54 Å². The monoisotopic (exact) mass is 404 g/mol. The molecule has 1 fully saturated rings. The van der Waals surface area contributed by atoms with Crippen LogP contribution in [0.3, 0.4) is 0 Å². The Hall–Kier alpha value is -0.875. The summed E-state index contributed by atoms with van der Waals surface area (Å²) < 4.78 is 0. The molecule has 5 heteroatoms. The number of piperidine rings is 1. The minimum Gasteiger partial charge on any atom is -0.427 e. The summed E-state index contributed by atoms with van der Waals surface area (Å²) >= 11 is 0. The van der Waals surface area contributed by atoms with E-state index in [9.17, 15) is 0 Å². The average Bonchev–Trinajstić information content (AvgIpc) is 2.69. The maximum atomic E-state index is 8.97. The molecule has 1 unspecified atom stereocenters. The molecule has 1 saturated heterocycles. The Bertz CT molecular complexity index is 570. The molecule has 4 nitrogen and oxygen atoms in total. The summed E-state index contributed by atoms with van der Waals surface area (Å²) in [5, 5.41) is 17.9. The fraction of sp³-hybridized carbons (Fsp3) is 0.750. The number of aryl methyl sites for hydroxylation is 2. The van der Waals surface area contributed by atoms with Crippen molar-refractivity contribution in [3.8, 4) is 0 Å². The van der Waals surface area contributed by atoms with Crippen LogP contribution in [0.4, 0.5) is 0 Å². The Balaban J connectivity index is 0.00000204. The van der Waals surface area contributed by atoms with Gasteiger partial charge in [-0.1, -0.05) is 63.8 Å². The molecule has 1 aromatic carbocycles. The zero-order valence-electron chi connectivity index (χ0n) is 19.6. The van der Waals surface area contributed by atoms with Gasteiger partial charge in [0, 0.05) is 12.1 Å². The van der Waals surface area contributed by atoms with E-state index in [0.717, 1.165) is 58.2 Å². The third-order valence-corrected chi connectivity index (χ3v) is 6.22. The molecule has 4 N–H and O–H groups in total. The van der Waals surface area contributed by atoms with Gasteiger partial charge in [0.05, 0.1) is 0 Å². The molecule has 0 aliphatic carbocycles. The zero-order valence-corrected chi connectivity index (χ0v) is 19.6. The fourth-order valence-electron chi connectivity index (χ4n) is 4.44. The number of nitrogens with two attached hydrogens (primary N) is 1. The second-order valence-corrected chi connectivity index (χ2v) is 8.80. The lowest BCUT2D eigenvalue weighted by molar-refractivity contribution is 0.125. The summed E-state index contributed by atoms with van der Waals surface area (Å²) in [5.41, 5.74) is 10.8. The number of likely N-dealkylation sites (tertiary alicyclic amines) is 1. The molecule has 1 atom stereocenters. The molecule has 0 radical (unpaired) electrons. The number of benzene rings is 1. The van der Waals surface area contributed by atoms with Crippen LogP contribution in [0.2, 0.25) is 6.32 Å². The van der Waals surface area contributed by atoms with Crippen molar-refractivity contribution in [1.82, 2.24) is 4.90 Å². The van der Waals surface area contributed by atoms with E-state index in [2.05, 4.69) is 43.9 Å². The van der Waals surface area contributed by atoms with Crippen molar-refractivity contribution in [3.63, 3.8) is 0 Å². The van der Waals surface area contributed by atoms with Crippen molar-refractivity contribution < 1.29 is 10.0 Å². The van der Waals surface area contributed by atoms with Crippen molar-refractivity contribution >= 4 is 7.12 Å². The molecule has 0 spiro atoms. The minimum absolute atomic E-state index is 0.149. The van der Waals surface area contributed by atoms with Crippen molar-refractivity contribution in [2.24, 2.45) is 11.7 Å². The van der Waals surface area contributed by atoms with Gasteiger partial charge < -0.3 is 15.8 Å². The fourth-order valence-corrected chi connectivity index (χ4v) is 4.44. The Kier molecular flexibility index (Phi) is 12.1. The van der Waals surface area contributed by atoms with Gasteiger partial charge in [0.15, 0.2) is 0 Å². The van der Waals surface area contributed by atoms with E-state index in [1.165, 1.54) is 23.1 Å². The summed E-state index contributed by atoms with van der Waals surface area (Å²) in [4.78, 5) is 2.58. The maximum Gasteiger partial charge on any atom is 0.451 e. The Morgan fingerprint density at radius 1 is 1.14 bits per heavy atom. The largest absolute Gasteiger partial charge is 0.451 e. The van der Waals surface area contributed by atoms with Gasteiger partial charge in [-0.2, -0.15) is 0 Å². The van der Waals surface area contributed by atoms with Gasteiger partial charge in [-0.3, -0.25) is 4.90 Å². The highest BCUT2D eigenvalue weighted by molar-refractivity contribution is 6.40. The van der Waals surface area contributed by atoms with Crippen LogP contribution in [0.5, 0.6) is 0 Å². The summed E-state index contributed by atoms with van der Waals surface area (Å²) in [5.74, 6) is 0.556. The Morgan fingerprint density at radius 3 is 2.38 bits per heavy atom. The van der Waals surface area contributed by atoms with Crippen LogP contribution >= 0.6 is 0 Å². The highest BCUT2D eigenvalue weighted by atomic mass is 16.4. The highest BCUT2D eigenvalue weighted by Gasteiger charge is 2.32. The number of unbranched alkanes of at least 4 members (excludes halogenated alkanes) is 1. The van der Waals surface area contributed by atoms with Gasteiger partial charge in [0.25, 0.3) is 0 Å². The summed E-state index contributed by atoms with van der Waals surface area (Å²) in [6.07, 6.45) is 7.88. The van der Waals surface area contributed by atoms with Gasteiger partial charge in [0.1, 0.15) is 0 Å². The van der Waals surface area contributed by atoms with Gasteiger partial charge >= 0.3 is 7.12 Å². The third-order valence-electron chi connectivity index (χ3n) is 6.22. The lowest BCUT2D eigenvalue weighted by Crippen LogP contribution is -2.49. The number of nitrogens with zero attached hydrogens (tertiary/aromatic N) is 1. The van der Waals surface area contributed by atoms with Gasteiger partial charge in [-0.25, -0.2) is 0 Å². The molecule has 0 amide bonds. The summed E-state index contributed by atoms with van der Waals surface area (Å²) in [6.45, 7) is 13.9. The molecular formula is C24H45BN2O2. The highest BCUT2D eigenvalue weighted by Crippen LogP contribution is 2.31. The van der Waals surface area contributed by atoms with Crippen molar-refractivity contribution in [2.75, 3.05) is 13.1 Å². The molecule has 0 aromatic heterocycles. The topological polar surface area (TPSA) is 69.7 Å². The van der Waals surface area contributed by atoms with Gasteiger partial charge in [0.2, 0.25) is 0 Å². The molecule has 1 aliphatic heterocycles. The van der Waals surface area contributed by atoms with Crippen LogP contribution in [0, 0.1) is 12.8 Å². The molecule has 1 heterocycles. The third kappa shape index (κ3) is 9.21. The SMILES string of the molecule is CC.CCCc1cc(C)ccc1CN1CCC(C(C)(N)CCCCB(O)O)CC1. The minimum atomic E-state index is -1.18. The zero-order chi connectivity index (χ0) is 21.9. The smallest absolute Gasteiger partial charge is 0.427 e. The molecule has 2 rings (SSSR count). The summed E-state index contributed by atoms with van der Waals surface area (Å²) in [6, 6.07) is 6.91. The molecule has 166 valence electrons. The van der Waals surface area contributed by atoms with E-state index >= 15 is 0 Å². The normalized spacial score (nSPS) is 17.4. The maximum absolute atomic E-state index is 8.97. The molecular weight excluding hydrogens is 359 g/mol. The van der Waals surface area contributed by atoms with E-state index in [4.69, 9.17) is 15.8 Å². The van der Waals surface area contributed by atoms with Crippen molar-refractivity contribution in [2.45, 2.75) is 98.0 Å². The predicted molar refractivity (Wildman–Crippen MR) is 126 cm³/mol. The number of rotatable bonds is 10. The second kappa shape index (κ2) is 13.4. The van der Waals surface area contributed by atoms with Gasteiger partial charge in [-0.05, 0) is 76.0 Å². The van der Waals surface area contributed by atoms with Crippen molar-refractivity contribution in [3.05, 3.63) is 34.9 Å². The average molecular weight is 404 g/mol. The molecule has 29 heavy (non-hydrogen) atoms. The van der Waals surface area contributed by atoms with Crippen LogP contribution in [-0.4, -0.2) is 40.7 Å². The van der Waals surface area contributed by atoms with Gasteiger partial charge in [-0.15, -0.1) is 0 Å². The van der Waals surface area contributed by atoms with Crippen LogP contribution in [0.25, 0.3) is 0 Å². The molecule has 0 bridgehead atoms. The standard InChI is InChI=1S/C22H39BN2O2.C2H6/c1-4-7-19-16-18(2)8-9-20(19)17-25-14-10-21(11-15-25)22(3,24)12-5-6-13-23(26)27;1-2/h8-9,16,21,26-27H,4-7,10-15,17,24H2,1-3H3;1-2H3. The Labute approximate surface area is 180 Å². The summed E-state index contributed by atoms with van der Waals surface area (Å²) in [7, 11) is -1.18. The van der Waals surface area contributed by atoms with Crippen LogP contribution in [0.1, 0.15) is 82.9 Å². The van der Waals surface area contributed by atoms with Crippen molar-refractivity contribution in [1.29, 1.82) is 0 Å². The lowest BCUT2D eigenvalue weighted by Gasteiger charge is -2.41. The first kappa shape index (κ1) is 26.2.